The summed E-state index contributed by atoms with van der Waals surface area (Å²) in [7, 11) is 0. The monoisotopic (exact) mass is 291 g/mol. The fourth-order valence-corrected chi connectivity index (χ4v) is 2.78. The van der Waals surface area contributed by atoms with Gasteiger partial charge in [-0.2, -0.15) is 0 Å². The summed E-state index contributed by atoms with van der Waals surface area (Å²) < 4.78 is 11.8. The molecule has 1 aliphatic rings. The molecule has 1 aromatic rings. The highest BCUT2D eigenvalue weighted by molar-refractivity contribution is 5.39. The molecule has 1 saturated carbocycles. The Morgan fingerprint density at radius 2 is 1.86 bits per heavy atom. The van der Waals surface area contributed by atoms with Crippen molar-refractivity contribution in [3.05, 3.63) is 24.3 Å². The van der Waals surface area contributed by atoms with Gasteiger partial charge in [-0.05, 0) is 38.3 Å². The van der Waals surface area contributed by atoms with Crippen LogP contribution in [0.5, 0.6) is 11.5 Å². The minimum atomic E-state index is 0.151. The van der Waals surface area contributed by atoms with Crippen molar-refractivity contribution >= 4 is 0 Å². The summed E-state index contributed by atoms with van der Waals surface area (Å²) in [4.78, 5) is 0. The molecule has 0 heterocycles. The molecule has 0 saturated heterocycles. The van der Waals surface area contributed by atoms with Gasteiger partial charge in [-0.15, -0.1) is 0 Å². The first kappa shape index (κ1) is 16.2. The van der Waals surface area contributed by atoms with Crippen molar-refractivity contribution in [2.45, 2.75) is 64.5 Å². The van der Waals surface area contributed by atoms with Crippen molar-refractivity contribution < 1.29 is 9.47 Å². The second-order valence-corrected chi connectivity index (χ2v) is 5.97. The molecule has 0 bridgehead atoms. The first-order valence-electron chi connectivity index (χ1n) is 8.41. The largest absolute Gasteiger partial charge is 0.490 e. The zero-order valence-corrected chi connectivity index (χ0v) is 13.4. The quantitative estimate of drug-likeness (QED) is 0.780. The average Bonchev–Trinajstić information content (AvgIpc) is 2.53. The molecule has 0 radical (unpaired) electrons. The van der Waals surface area contributed by atoms with Crippen LogP contribution in [0.3, 0.4) is 0 Å². The second-order valence-electron chi connectivity index (χ2n) is 5.97. The van der Waals surface area contributed by atoms with Gasteiger partial charge >= 0.3 is 0 Å². The van der Waals surface area contributed by atoms with Gasteiger partial charge in [0.2, 0.25) is 0 Å². The van der Waals surface area contributed by atoms with Crippen molar-refractivity contribution in [2.24, 2.45) is 0 Å². The Kier molecular flexibility index (Phi) is 6.87. The maximum atomic E-state index is 6.05. The van der Waals surface area contributed by atoms with Crippen LogP contribution in [0.4, 0.5) is 0 Å². The van der Waals surface area contributed by atoms with Crippen molar-refractivity contribution in [3.63, 3.8) is 0 Å². The molecule has 2 rings (SSSR count). The van der Waals surface area contributed by atoms with Crippen LogP contribution in [-0.4, -0.2) is 25.3 Å². The van der Waals surface area contributed by atoms with Gasteiger partial charge in [0.1, 0.15) is 6.10 Å². The van der Waals surface area contributed by atoms with Gasteiger partial charge in [0.25, 0.3) is 0 Å². The lowest BCUT2D eigenvalue weighted by Crippen LogP contribution is -2.37. The van der Waals surface area contributed by atoms with Crippen LogP contribution >= 0.6 is 0 Å². The number of ether oxygens (including phenoxy) is 2. The van der Waals surface area contributed by atoms with Gasteiger partial charge in [-0.3, -0.25) is 0 Å². The van der Waals surface area contributed by atoms with E-state index in [-0.39, 0.29) is 6.10 Å². The van der Waals surface area contributed by atoms with E-state index in [9.17, 15) is 0 Å². The summed E-state index contributed by atoms with van der Waals surface area (Å²) in [5.74, 6) is 1.70. The predicted molar refractivity (Wildman–Crippen MR) is 87.2 cm³/mol. The Hall–Kier alpha value is -1.22. The number of nitrogens with one attached hydrogen (secondary N) is 1. The molecule has 3 nitrogen and oxygen atoms in total. The molecule has 1 aromatic carbocycles. The molecule has 118 valence electrons. The third-order valence-electron chi connectivity index (χ3n) is 3.94. The molecule has 1 atom stereocenters. The third kappa shape index (κ3) is 5.58. The molecule has 1 fully saturated rings. The van der Waals surface area contributed by atoms with Gasteiger partial charge in [0.15, 0.2) is 11.5 Å². The van der Waals surface area contributed by atoms with E-state index in [2.05, 4.69) is 19.2 Å². The zero-order chi connectivity index (χ0) is 14.9. The van der Waals surface area contributed by atoms with E-state index in [1.54, 1.807) is 0 Å². The Bertz CT molecular complexity index is 402. The highest BCUT2D eigenvalue weighted by Crippen LogP contribution is 2.27. The van der Waals surface area contributed by atoms with Crippen LogP contribution < -0.4 is 14.8 Å². The van der Waals surface area contributed by atoms with E-state index in [1.165, 1.54) is 32.1 Å². The number of rotatable bonds is 8. The standard InChI is InChI=1S/C18H29NO2/c1-3-13-20-17-11-7-8-12-18(17)21-15(2)14-19-16-9-5-4-6-10-16/h7-8,11-12,15-16,19H,3-6,9-10,13-14H2,1-2H3. The van der Waals surface area contributed by atoms with Crippen molar-refractivity contribution in [1.82, 2.24) is 5.32 Å². The Labute approximate surface area is 129 Å². The lowest BCUT2D eigenvalue weighted by molar-refractivity contribution is 0.192. The van der Waals surface area contributed by atoms with Gasteiger partial charge in [0.05, 0.1) is 6.61 Å². The minimum absolute atomic E-state index is 0.151. The molecule has 21 heavy (non-hydrogen) atoms. The molecule has 3 heteroatoms. The molecule has 0 spiro atoms. The molecule has 0 aliphatic heterocycles. The zero-order valence-electron chi connectivity index (χ0n) is 13.4. The van der Waals surface area contributed by atoms with Gasteiger partial charge in [0, 0.05) is 12.6 Å². The summed E-state index contributed by atoms with van der Waals surface area (Å²) in [6.07, 6.45) is 7.89. The van der Waals surface area contributed by atoms with E-state index in [0.29, 0.717) is 6.04 Å². The minimum Gasteiger partial charge on any atom is -0.490 e. The normalized spacial score (nSPS) is 17.4. The Morgan fingerprint density at radius 1 is 1.14 bits per heavy atom. The van der Waals surface area contributed by atoms with E-state index in [1.807, 2.05) is 24.3 Å². The topological polar surface area (TPSA) is 30.5 Å². The maximum absolute atomic E-state index is 6.05. The summed E-state index contributed by atoms with van der Waals surface area (Å²) >= 11 is 0. The fourth-order valence-electron chi connectivity index (χ4n) is 2.78. The van der Waals surface area contributed by atoms with Crippen molar-refractivity contribution in [3.8, 4) is 11.5 Å². The molecule has 1 unspecified atom stereocenters. The molecule has 0 aromatic heterocycles. The fraction of sp³-hybridized carbons (Fsp3) is 0.667. The number of hydrogen-bond donors (Lipinski definition) is 1. The third-order valence-corrected chi connectivity index (χ3v) is 3.94. The lowest BCUT2D eigenvalue weighted by atomic mass is 9.95. The number of hydrogen-bond acceptors (Lipinski definition) is 3. The van der Waals surface area contributed by atoms with Gasteiger partial charge in [-0.1, -0.05) is 38.3 Å². The Balaban J connectivity index is 1.79. The lowest BCUT2D eigenvalue weighted by Gasteiger charge is -2.25. The van der Waals surface area contributed by atoms with E-state index in [0.717, 1.165) is 31.1 Å². The summed E-state index contributed by atoms with van der Waals surface area (Å²) in [6, 6.07) is 8.63. The second kappa shape index (κ2) is 8.93. The van der Waals surface area contributed by atoms with Crippen LogP contribution in [0.25, 0.3) is 0 Å². The molecular formula is C18H29NO2. The van der Waals surface area contributed by atoms with Gasteiger partial charge < -0.3 is 14.8 Å². The summed E-state index contributed by atoms with van der Waals surface area (Å²) in [6.45, 7) is 5.86. The smallest absolute Gasteiger partial charge is 0.161 e. The van der Waals surface area contributed by atoms with Crippen LogP contribution in [0, 0.1) is 0 Å². The van der Waals surface area contributed by atoms with E-state index < -0.39 is 0 Å². The first-order chi connectivity index (χ1) is 10.3. The molecule has 1 aliphatic carbocycles. The molecule has 1 N–H and O–H groups in total. The SMILES string of the molecule is CCCOc1ccccc1OC(C)CNC1CCCCC1. The number of para-hydroxylation sites is 2. The van der Waals surface area contributed by atoms with Crippen molar-refractivity contribution in [1.29, 1.82) is 0 Å². The Morgan fingerprint density at radius 3 is 2.57 bits per heavy atom. The number of benzene rings is 1. The summed E-state index contributed by atoms with van der Waals surface area (Å²) in [5.41, 5.74) is 0. The predicted octanol–water partition coefficient (Wildman–Crippen LogP) is 4.17. The first-order valence-corrected chi connectivity index (χ1v) is 8.41. The van der Waals surface area contributed by atoms with Crippen LogP contribution in [0.15, 0.2) is 24.3 Å². The molecule has 0 amide bonds. The van der Waals surface area contributed by atoms with Crippen LogP contribution in [0.1, 0.15) is 52.4 Å². The van der Waals surface area contributed by atoms with Crippen LogP contribution in [-0.2, 0) is 0 Å². The van der Waals surface area contributed by atoms with E-state index in [4.69, 9.17) is 9.47 Å². The van der Waals surface area contributed by atoms with Crippen LogP contribution in [0.2, 0.25) is 0 Å². The van der Waals surface area contributed by atoms with Crippen molar-refractivity contribution in [2.75, 3.05) is 13.2 Å². The molecular weight excluding hydrogens is 262 g/mol. The maximum Gasteiger partial charge on any atom is 0.161 e. The summed E-state index contributed by atoms with van der Waals surface area (Å²) in [5, 5.41) is 3.64. The van der Waals surface area contributed by atoms with E-state index >= 15 is 0 Å². The highest BCUT2D eigenvalue weighted by atomic mass is 16.5. The van der Waals surface area contributed by atoms with Gasteiger partial charge in [-0.25, -0.2) is 0 Å². The average molecular weight is 291 g/mol. The highest BCUT2D eigenvalue weighted by Gasteiger charge is 2.15.